The molecular formula is C21H26BF2NO4. The van der Waals surface area contributed by atoms with Gasteiger partial charge in [0.25, 0.3) is 11.5 Å². The molecule has 5 nitrogen and oxygen atoms in total. The first kappa shape index (κ1) is 20.4. The first-order valence-corrected chi connectivity index (χ1v) is 9.93. The average Bonchev–Trinajstić information content (AvgIpc) is 3.10. The van der Waals surface area contributed by atoms with Gasteiger partial charge in [-0.05, 0) is 52.1 Å². The molecule has 0 N–H and O–H groups in total. The lowest BCUT2D eigenvalue weighted by atomic mass is 9.78. The predicted octanol–water partition coefficient (Wildman–Crippen LogP) is 3.67. The summed E-state index contributed by atoms with van der Waals surface area (Å²) in [6, 6.07) is 4.09. The van der Waals surface area contributed by atoms with Crippen LogP contribution in [0.4, 0.5) is 8.78 Å². The van der Waals surface area contributed by atoms with Crippen molar-refractivity contribution in [1.82, 2.24) is 4.57 Å². The van der Waals surface area contributed by atoms with Gasteiger partial charge in [0.1, 0.15) is 11.8 Å². The minimum atomic E-state index is -2.91. The molecule has 1 aliphatic heterocycles. The van der Waals surface area contributed by atoms with Crippen LogP contribution in [0.5, 0.6) is 5.75 Å². The highest BCUT2D eigenvalue weighted by Gasteiger charge is 2.52. The van der Waals surface area contributed by atoms with E-state index in [0.29, 0.717) is 28.4 Å². The van der Waals surface area contributed by atoms with Gasteiger partial charge in [0.15, 0.2) is 0 Å². The molecule has 156 valence electrons. The Morgan fingerprint density at radius 3 is 2.34 bits per heavy atom. The second-order valence-corrected chi connectivity index (χ2v) is 8.97. The van der Waals surface area contributed by atoms with E-state index in [0.717, 1.165) is 4.57 Å². The number of methoxy groups -OCH3 is 1. The van der Waals surface area contributed by atoms with Crippen LogP contribution in [0.3, 0.4) is 0 Å². The first-order chi connectivity index (χ1) is 13.5. The monoisotopic (exact) mass is 405 g/mol. The van der Waals surface area contributed by atoms with Gasteiger partial charge in [-0.1, -0.05) is 12.1 Å². The fourth-order valence-electron chi connectivity index (χ4n) is 4.12. The topological polar surface area (TPSA) is 49.7 Å². The third-order valence-corrected chi connectivity index (χ3v) is 6.59. The zero-order valence-corrected chi connectivity index (χ0v) is 17.4. The molecule has 8 heteroatoms. The lowest BCUT2D eigenvalue weighted by Crippen LogP contribution is -2.41. The number of halogens is 2. The van der Waals surface area contributed by atoms with Crippen molar-refractivity contribution in [3.8, 4) is 5.75 Å². The third kappa shape index (κ3) is 3.17. The number of hydrogen-bond donors (Lipinski definition) is 0. The maximum atomic E-state index is 14.4. The maximum absolute atomic E-state index is 14.4. The third-order valence-electron chi connectivity index (χ3n) is 6.59. The van der Waals surface area contributed by atoms with Crippen LogP contribution >= 0.6 is 0 Å². The lowest BCUT2D eigenvalue weighted by Gasteiger charge is -2.32. The highest BCUT2D eigenvalue weighted by molar-refractivity contribution is 6.62. The van der Waals surface area contributed by atoms with Gasteiger partial charge in [-0.3, -0.25) is 4.79 Å². The van der Waals surface area contributed by atoms with Crippen molar-refractivity contribution in [3.63, 3.8) is 0 Å². The standard InChI is InChI=1S/C21H26BF2NO4/c1-19(2)20(3,4)29-22(28-19)13-8-9-14-15(11-13)18(26)25(12-16(14)27-5)17-7-6-10-21(17,23)24/h8-9,11-12,17H,6-7,10H2,1-5H3. The molecule has 1 aromatic heterocycles. The number of rotatable bonds is 3. The van der Waals surface area contributed by atoms with E-state index in [1.54, 1.807) is 12.1 Å². The summed E-state index contributed by atoms with van der Waals surface area (Å²) in [5, 5.41) is 0.898. The molecule has 4 rings (SSSR count). The Kier molecular flexibility index (Phi) is 4.59. The molecule has 2 aromatic rings. The van der Waals surface area contributed by atoms with Crippen molar-refractivity contribution < 1.29 is 22.8 Å². The predicted molar refractivity (Wildman–Crippen MR) is 108 cm³/mol. The fourth-order valence-corrected chi connectivity index (χ4v) is 4.12. The van der Waals surface area contributed by atoms with Crippen molar-refractivity contribution in [3.05, 3.63) is 34.7 Å². The highest BCUT2D eigenvalue weighted by atomic mass is 19.3. The van der Waals surface area contributed by atoms with E-state index < -0.39 is 35.8 Å². The summed E-state index contributed by atoms with van der Waals surface area (Å²) in [5.41, 5.74) is -0.822. The Hall–Kier alpha value is -1.93. The summed E-state index contributed by atoms with van der Waals surface area (Å²) >= 11 is 0. The Morgan fingerprint density at radius 2 is 1.79 bits per heavy atom. The lowest BCUT2D eigenvalue weighted by molar-refractivity contribution is -0.0316. The van der Waals surface area contributed by atoms with Crippen molar-refractivity contribution in [2.45, 2.75) is 70.1 Å². The zero-order chi connectivity index (χ0) is 21.2. The molecule has 1 aliphatic carbocycles. The van der Waals surface area contributed by atoms with Crippen LogP contribution < -0.4 is 15.8 Å². The van der Waals surface area contributed by atoms with Gasteiger partial charge in [-0.25, -0.2) is 8.78 Å². The number of aromatic nitrogens is 1. The molecule has 0 amide bonds. The summed E-state index contributed by atoms with van der Waals surface area (Å²) in [5.74, 6) is -2.52. The van der Waals surface area contributed by atoms with E-state index in [9.17, 15) is 13.6 Å². The summed E-state index contributed by atoms with van der Waals surface area (Å²) in [6.45, 7) is 7.80. The van der Waals surface area contributed by atoms with Crippen LogP contribution in [0, 0.1) is 0 Å². The summed E-state index contributed by atoms with van der Waals surface area (Å²) < 4.78 is 47.4. The van der Waals surface area contributed by atoms with E-state index in [1.165, 1.54) is 13.3 Å². The van der Waals surface area contributed by atoms with Crippen molar-refractivity contribution >= 4 is 23.4 Å². The number of fused-ring (bicyclic) bond motifs is 1. The van der Waals surface area contributed by atoms with E-state index in [1.807, 2.05) is 33.8 Å². The van der Waals surface area contributed by atoms with E-state index >= 15 is 0 Å². The molecule has 1 aromatic carbocycles. The minimum Gasteiger partial charge on any atom is -0.495 e. The molecule has 1 saturated heterocycles. The Bertz CT molecular complexity index is 1000. The summed E-state index contributed by atoms with van der Waals surface area (Å²) in [6.07, 6.45) is 1.85. The number of hydrogen-bond acceptors (Lipinski definition) is 4. The number of nitrogens with zero attached hydrogens (tertiary/aromatic N) is 1. The SMILES string of the molecule is COc1cn(C2CCCC2(F)F)c(=O)c2cc(B3OC(C)(C)C(C)(C)O3)ccc12. The molecule has 29 heavy (non-hydrogen) atoms. The van der Waals surface area contributed by atoms with Gasteiger partial charge in [0.2, 0.25) is 0 Å². The molecule has 2 fully saturated rings. The highest BCUT2D eigenvalue weighted by Crippen LogP contribution is 2.43. The summed E-state index contributed by atoms with van der Waals surface area (Å²) in [4.78, 5) is 13.2. The number of ether oxygens (including phenoxy) is 1. The number of pyridine rings is 1. The second kappa shape index (κ2) is 6.54. The molecule has 1 saturated carbocycles. The van der Waals surface area contributed by atoms with Crippen LogP contribution in [0.15, 0.2) is 29.2 Å². The van der Waals surface area contributed by atoms with Gasteiger partial charge < -0.3 is 18.6 Å². The average molecular weight is 405 g/mol. The van der Waals surface area contributed by atoms with Gasteiger partial charge in [-0.15, -0.1) is 0 Å². The fraction of sp³-hybridized carbons (Fsp3) is 0.571. The molecular weight excluding hydrogens is 379 g/mol. The molecule has 0 bridgehead atoms. The number of alkyl halides is 2. The Labute approximate surface area is 169 Å². The Morgan fingerprint density at radius 1 is 1.14 bits per heavy atom. The van der Waals surface area contributed by atoms with Crippen molar-refractivity contribution in [2.24, 2.45) is 0 Å². The van der Waals surface area contributed by atoms with Crippen LogP contribution in [-0.2, 0) is 9.31 Å². The minimum absolute atomic E-state index is 0.210. The van der Waals surface area contributed by atoms with E-state index in [-0.39, 0.29) is 12.8 Å². The van der Waals surface area contributed by atoms with Crippen LogP contribution in [0.2, 0.25) is 0 Å². The second-order valence-electron chi connectivity index (χ2n) is 8.97. The van der Waals surface area contributed by atoms with Crippen LogP contribution in [0.1, 0.15) is 53.0 Å². The van der Waals surface area contributed by atoms with Gasteiger partial charge in [0.05, 0.1) is 29.9 Å². The first-order valence-electron chi connectivity index (χ1n) is 9.93. The van der Waals surface area contributed by atoms with Crippen LogP contribution in [-0.4, -0.2) is 35.9 Å². The van der Waals surface area contributed by atoms with Gasteiger partial charge in [-0.2, -0.15) is 0 Å². The van der Waals surface area contributed by atoms with Crippen molar-refractivity contribution in [2.75, 3.05) is 7.11 Å². The zero-order valence-electron chi connectivity index (χ0n) is 17.4. The van der Waals surface area contributed by atoms with E-state index in [2.05, 4.69) is 0 Å². The largest absolute Gasteiger partial charge is 0.495 e. The summed E-state index contributed by atoms with van der Waals surface area (Å²) in [7, 11) is 0.829. The van der Waals surface area contributed by atoms with Gasteiger partial charge in [0, 0.05) is 11.8 Å². The molecule has 1 atom stereocenters. The maximum Gasteiger partial charge on any atom is 0.494 e. The van der Waals surface area contributed by atoms with Crippen molar-refractivity contribution in [1.29, 1.82) is 0 Å². The number of benzene rings is 1. The molecule has 1 unspecified atom stereocenters. The molecule has 2 aliphatic rings. The van der Waals surface area contributed by atoms with Crippen LogP contribution in [0.25, 0.3) is 10.8 Å². The molecule has 0 spiro atoms. The smallest absolute Gasteiger partial charge is 0.494 e. The quantitative estimate of drug-likeness (QED) is 0.732. The normalized spacial score (nSPS) is 24.9. The Balaban J connectivity index is 1.84. The van der Waals surface area contributed by atoms with E-state index in [4.69, 9.17) is 14.0 Å². The van der Waals surface area contributed by atoms with Gasteiger partial charge >= 0.3 is 7.12 Å². The molecule has 0 radical (unpaired) electrons. The molecule has 2 heterocycles.